The highest BCUT2D eigenvalue weighted by atomic mass is 16.2. The summed E-state index contributed by atoms with van der Waals surface area (Å²) in [5, 5.41) is 11.4. The van der Waals surface area contributed by atoms with Crippen LogP contribution in [-0.2, 0) is 0 Å². The Morgan fingerprint density at radius 2 is 1.40 bits per heavy atom. The first-order valence-corrected chi connectivity index (χ1v) is 10.2. The minimum absolute atomic E-state index is 0.117. The molecule has 6 rings (SSSR count). The molecule has 5 nitrogen and oxygen atoms in total. The SMILES string of the molecule is O=C(c1ccccc1)N1C[C@@H]2C1CN2c1nnc(-c2ccccc2)c2ccccc12. The number of hydrogen-bond donors (Lipinski definition) is 0. The van der Waals surface area contributed by atoms with Gasteiger partial charge in [0.1, 0.15) is 5.69 Å². The van der Waals surface area contributed by atoms with Gasteiger partial charge in [0.05, 0.1) is 12.1 Å². The van der Waals surface area contributed by atoms with Gasteiger partial charge in [0.25, 0.3) is 5.91 Å². The van der Waals surface area contributed by atoms with E-state index in [2.05, 4.69) is 39.4 Å². The number of aromatic nitrogens is 2. The smallest absolute Gasteiger partial charge is 0.254 e. The number of fused-ring (bicyclic) bond motifs is 2. The highest BCUT2D eigenvalue weighted by molar-refractivity contribution is 6.01. The number of anilines is 1. The zero-order chi connectivity index (χ0) is 20.1. The van der Waals surface area contributed by atoms with E-state index < -0.39 is 0 Å². The van der Waals surface area contributed by atoms with Crippen molar-refractivity contribution < 1.29 is 4.79 Å². The molecule has 2 atom stereocenters. The van der Waals surface area contributed by atoms with Crippen LogP contribution in [0.3, 0.4) is 0 Å². The number of likely N-dealkylation sites (tertiary alicyclic amines) is 1. The summed E-state index contributed by atoms with van der Waals surface area (Å²) in [5.41, 5.74) is 2.73. The summed E-state index contributed by atoms with van der Waals surface area (Å²) in [4.78, 5) is 17.0. The summed E-state index contributed by atoms with van der Waals surface area (Å²) in [6.07, 6.45) is 0. The summed E-state index contributed by atoms with van der Waals surface area (Å²) in [7, 11) is 0. The molecule has 0 radical (unpaired) electrons. The lowest BCUT2D eigenvalue weighted by molar-refractivity contribution is 0.0125. The van der Waals surface area contributed by atoms with Crippen LogP contribution in [-0.4, -0.2) is 46.2 Å². The Labute approximate surface area is 174 Å². The van der Waals surface area contributed by atoms with Gasteiger partial charge in [0.15, 0.2) is 5.82 Å². The summed E-state index contributed by atoms with van der Waals surface area (Å²) in [5.74, 6) is 1.03. The predicted molar refractivity (Wildman–Crippen MR) is 117 cm³/mol. The Kier molecular flexibility index (Phi) is 3.81. The first kappa shape index (κ1) is 17.2. The van der Waals surface area contributed by atoms with E-state index in [-0.39, 0.29) is 11.9 Å². The normalized spacial score (nSPS) is 19.7. The van der Waals surface area contributed by atoms with E-state index in [1.807, 2.05) is 65.6 Å². The Balaban J connectivity index is 1.29. The van der Waals surface area contributed by atoms with Crippen molar-refractivity contribution in [2.24, 2.45) is 0 Å². The second-order valence-corrected chi connectivity index (χ2v) is 7.89. The maximum absolute atomic E-state index is 12.8. The van der Waals surface area contributed by atoms with E-state index in [4.69, 9.17) is 0 Å². The predicted octanol–water partition coefficient (Wildman–Crippen LogP) is 4.01. The third-order valence-corrected chi connectivity index (χ3v) is 6.28. The number of rotatable bonds is 3. The van der Waals surface area contributed by atoms with Gasteiger partial charge >= 0.3 is 0 Å². The van der Waals surface area contributed by atoms with Crippen LogP contribution in [0.2, 0.25) is 0 Å². The molecule has 1 aromatic heterocycles. The van der Waals surface area contributed by atoms with Gasteiger partial charge in [0, 0.05) is 35.0 Å². The van der Waals surface area contributed by atoms with Crippen LogP contribution >= 0.6 is 0 Å². The van der Waals surface area contributed by atoms with E-state index in [1.165, 1.54) is 0 Å². The van der Waals surface area contributed by atoms with Crippen LogP contribution in [0.4, 0.5) is 5.82 Å². The average Bonchev–Trinajstić information content (AvgIpc) is 2.81. The van der Waals surface area contributed by atoms with Crippen LogP contribution in [0.25, 0.3) is 22.0 Å². The molecule has 0 N–H and O–H groups in total. The lowest BCUT2D eigenvalue weighted by Crippen LogP contribution is -2.80. The van der Waals surface area contributed by atoms with Crippen LogP contribution in [0.15, 0.2) is 84.9 Å². The van der Waals surface area contributed by atoms with Gasteiger partial charge in [-0.05, 0) is 12.1 Å². The van der Waals surface area contributed by atoms with Crippen molar-refractivity contribution in [2.45, 2.75) is 12.1 Å². The fourth-order valence-electron chi connectivity index (χ4n) is 4.59. The van der Waals surface area contributed by atoms with Crippen molar-refractivity contribution in [1.29, 1.82) is 0 Å². The Morgan fingerprint density at radius 1 is 0.733 bits per heavy atom. The van der Waals surface area contributed by atoms with Gasteiger partial charge in [-0.15, -0.1) is 10.2 Å². The molecular formula is C25H20N4O. The molecule has 4 aromatic rings. The molecule has 0 spiro atoms. The maximum Gasteiger partial charge on any atom is 0.254 e. The lowest BCUT2D eigenvalue weighted by Gasteiger charge is -2.62. The molecule has 1 unspecified atom stereocenters. The molecule has 2 fully saturated rings. The monoisotopic (exact) mass is 392 g/mol. The third-order valence-electron chi connectivity index (χ3n) is 6.28. The highest BCUT2D eigenvalue weighted by Gasteiger charge is 2.54. The molecule has 0 saturated carbocycles. The number of carbonyl (C=O) groups is 1. The first-order valence-electron chi connectivity index (χ1n) is 10.2. The molecule has 0 bridgehead atoms. The molecule has 0 aliphatic carbocycles. The van der Waals surface area contributed by atoms with Gasteiger partial charge in [-0.1, -0.05) is 72.8 Å². The van der Waals surface area contributed by atoms with E-state index in [1.54, 1.807) is 0 Å². The number of carbonyl (C=O) groups excluding carboxylic acids is 1. The lowest BCUT2D eigenvalue weighted by atomic mass is 9.84. The molecular weight excluding hydrogens is 372 g/mol. The molecule has 3 heterocycles. The third kappa shape index (κ3) is 2.52. The summed E-state index contributed by atoms with van der Waals surface area (Å²) >= 11 is 0. The standard InChI is InChI=1S/C25H20N4O/c30-25(18-11-5-2-6-12-18)29-16-21-22(29)15-28(21)24-20-14-8-7-13-19(20)23(26-27-24)17-9-3-1-4-10-17/h1-14,21-22H,15-16H2/t21-,22?/m1/s1. The molecule has 30 heavy (non-hydrogen) atoms. The van der Waals surface area contributed by atoms with Crippen LogP contribution in [0, 0.1) is 0 Å². The minimum Gasteiger partial charge on any atom is -0.346 e. The van der Waals surface area contributed by atoms with Gasteiger partial charge in [0.2, 0.25) is 0 Å². The molecule has 2 aliphatic rings. The fourth-order valence-corrected chi connectivity index (χ4v) is 4.59. The highest BCUT2D eigenvalue weighted by Crippen LogP contribution is 2.41. The van der Waals surface area contributed by atoms with Gasteiger partial charge in [-0.2, -0.15) is 0 Å². The summed E-state index contributed by atoms with van der Waals surface area (Å²) in [6, 6.07) is 28.6. The first-order chi connectivity index (χ1) is 14.8. The van der Waals surface area contributed by atoms with Crippen molar-refractivity contribution in [3.05, 3.63) is 90.5 Å². The molecule has 2 saturated heterocycles. The van der Waals surface area contributed by atoms with E-state index in [9.17, 15) is 4.79 Å². The average molecular weight is 392 g/mol. The maximum atomic E-state index is 12.8. The second kappa shape index (κ2) is 6.66. The molecule has 3 aromatic carbocycles. The number of benzene rings is 3. The van der Waals surface area contributed by atoms with Crippen molar-refractivity contribution in [3.63, 3.8) is 0 Å². The minimum atomic E-state index is 0.117. The van der Waals surface area contributed by atoms with Crippen LogP contribution in [0.1, 0.15) is 10.4 Å². The largest absolute Gasteiger partial charge is 0.346 e. The molecule has 5 heteroatoms. The van der Waals surface area contributed by atoms with E-state index in [0.29, 0.717) is 6.04 Å². The Morgan fingerprint density at radius 3 is 2.10 bits per heavy atom. The zero-order valence-corrected chi connectivity index (χ0v) is 16.3. The van der Waals surface area contributed by atoms with Crippen molar-refractivity contribution in [3.8, 4) is 11.3 Å². The Bertz CT molecular complexity index is 1240. The number of nitrogens with zero attached hydrogens (tertiary/aromatic N) is 4. The van der Waals surface area contributed by atoms with Crippen molar-refractivity contribution >= 4 is 22.5 Å². The molecule has 146 valence electrons. The number of piperazine rings is 1. The summed E-state index contributed by atoms with van der Waals surface area (Å²) in [6.45, 7) is 1.53. The number of hydrogen-bond acceptors (Lipinski definition) is 4. The fraction of sp³-hybridized carbons (Fsp3) is 0.160. The van der Waals surface area contributed by atoms with E-state index in [0.717, 1.165) is 46.5 Å². The summed E-state index contributed by atoms with van der Waals surface area (Å²) < 4.78 is 0. The quantitative estimate of drug-likeness (QED) is 0.529. The molecule has 1 amide bonds. The number of amides is 1. The van der Waals surface area contributed by atoms with Crippen LogP contribution in [0.5, 0.6) is 0 Å². The van der Waals surface area contributed by atoms with Gasteiger partial charge < -0.3 is 9.80 Å². The van der Waals surface area contributed by atoms with Gasteiger partial charge in [-0.25, -0.2) is 0 Å². The molecule has 2 aliphatic heterocycles. The van der Waals surface area contributed by atoms with Crippen molar-refractivity contribution in [1.82, 2.24) is 15.1 Å². The van der Waals surface area contributed by atoms with Crippen molar-refractivity contribution in [2.75, 3.05) is 18.0 Å². The second-order valence-electron chi connectivity index (χ2n) is 7.89. The van der Waals surface area contributed by atoms with E-state index >= 15 is 0 Å². The Hall–Kier alpha value is -3.73. The van der Waals surface area contributed by atoms with Gasteiger partial charge in [-0.3, -0.25) is 4.79 Å². The zero-order valence-electron chi connectivity index (χ0n) is 16.3. The topological polar surface area (TPSA) is 49.3 Å². The van der Waals surface area contributed by atoms with Crippen LogP contribution < -0.4 is 4.90 Å².